The number of carboxylic acid groups (broad SMARTS) is 1. The summed E-state index contributed by atoms with van der Waals surface area (Å²) in [6.07, 6.45) is 2.49. The molecule has 3 aliphatic rings. The summed E-state index contributed by atoms with van der Waals surface area (Å²) in [5.41, 5.74) is 4.81. The summed E-state index contributed by atoms with van der Waals surface area (Å²) in [4.78, 5) is 15.8. The zero-order valence-electron chi connectivity index (χ0n) is 18.7. The Labute approximate surface area is 189 Å². The molecule has 0 amide bonds. The van der Waals surface area contributed by atoms with Crippen molar-refractivity contribution in [1.82, 2.24) is 9.80 Å². The first-order valence-corrected chi connectivity index (χ1v) is 11.8. The molecule has 0 bridgehead atoms. The van der Waals surface area contributed by atoms with Crippen LogP contribution in [-0.4, -0.2) is 67.2 Å². The lowest BCUT2D eigenvalue weighted by Crippen LogP contribution is -2.56. The van der Waals surface area contributed by atoms with Crippen LogP contribution in [0.4, 0.5) is 0 Å². The van der Waals surface area contributed by atoms with E-state index in [1.165, 1.54) is 11.1 Å². The zero-order chi connectivity index (χ0) is 22.1. The van der Waals surface area contributed by atoms with Crippen LogP contribution in [0.1, 0.15) is 35.6 Å². The molecule has 0 saturated carbocycles. The molecule has 2 aromatic carbocycles. The number of carboxylic acids is 1. The van der Waals surface area contributed by atoms with E-state index in [1.807, 2.05) is 11.8 Å². The minimum atomic E-state index is -0.971. The maximum absolute atomic E-state index is 11.4. The molecule has 2 saturated heterocycles. The van der Waals surface area contributed by atoms with Crippen molar-refractivity contribution in [3.8, 4) is 0 Å². The van der Waals surface area contributed by atoms with Gasteiger partial charge in [0, 0.05) is 49.9 Å². The molecule has 6 nitrogen and oxygen atoms in total. The van der Waals surface area contributed by atoms with Gasteiger partial charge in [-0.15, -0.1) is 0 Å². The van der Waals surface area contributed by atoms with Gasteiger partial charge in [-0.3, -0.25) is 9.80 Å². The van der Waals surface area contributed by atoms with E-state index < -0.39 is 17.8 Å². The van der Waals surface area contributed by atoms with Crippen LogP contribution < -0.4 is 5.11 Å². The topological polar surface area (TPSA) is 65.1 Å². The van der Waals surface area contributed by atoms with Crippen LogP contribution in [0.2, 0.25) is 0 Å². The summed E-state index contributed by atoms with van der Waals surface area (Å²) in [5, 5.41) is 11.4. The second-order valence-corrected chi connectivity index (χ2v) is 9.06. The van der Waals surface area contributed by atoms with Crippen molar-refractivity contribution in [3.63, 3.8) is 0 Å². The molecule has 5 rings (SSSR count). The number of hydrogen-bond donors (Lipinski definition) is 0. The van der Waals surface area contributed by atoms with Gasteiger partial charge in [-0.1, -0.05) is 55.5 Å². The molecule has 2 aromatic rings. The molecule has 0 aromatic heterocycles. The third kappa shape index (κ3) is 3.86. The second-order valence-electron chi connectivity index (χ2n) is 9.06. The van der Waals surface area contributed by atoms with E-state index in [-0.39, 0.29) is 6.10 Å². The lowest BCUT2D eigenvalue weighted by molar-refractivity contribution is -0.312. The Kier molecular flexibility index (Phi) is 6.03. The van der Waals surface area contributed by atoms with Crippen molar-refractivity contribution in [1.29, 1.82) is 0 Å². The molecule has 170 valence electrons. The number of carbonyl (C=O) groups excluding carboxylic acids is 1. The van der Waals surface area contributed by atoms with Gasteiger partial charge in [0.15, 0.2) is 0 Å². The van der Waals surface area contributed by atoms with Gasteiger partial charge in [0.05, 0.1) is 18.7 Å². The first kappa shape index (κ1) is 21.6. The Morgan fingerprint density at radius 3 is 2.19 bits per heavy atom. The molecular weight excluding hydrogens is 404 g/mol. The summed E-state index contributed by atoms with van der Waals surface area (Å²) in [6, 6.07) is 16.5. The summed E-state index contributed by atoms with van der Waals surface area (Å²) in [5.74, 6) is -1.82. The minimum absolute atomic E-state index is 0.0381. The number of aryl methyl sites for hydroxylation is 2. The third-order valence-corrected chi connectivity index (χ3v) is 7.18. The van der Waals surface area contributed by atoms with Gasteiger partial charge in [0.1, 0.15) is 0 Å². The fourth-order valence-electron chi connectivity index (χ4n) is 5.54. The summed E-state index contributed by atoms with van der Waals surface area (Å²) >= 11 is 0. The van der Waals surface area contributed by atoms with Crippen molar-refractivity contribution < 1.29 is 19.4 Å². The standard InChI is InChI=1S/C26H32N2O4/c1-2-24(25(29)30)28-15-13-27(14-16-28)17-21-18-31-26(32-21)22-9-5-3-7-19(22)11-12-20-8-4-6-10-23(20)26/h3-10,21,24H,2,11-18H2,1H3,(H,29,30)/p-1. The van der Waals surface area contributed by atoms with Gasteiger partial charge < -0.3 is 19.4 Å². The van der Waals surface area contributed by atoms with Crippen LogP contribution >= 0.6 is 0 Å². The molecule has 2 aliphatic heterocycles. The number of nitrogens with zero attached hydrogens (tertiary/aromatic N) is 2. The highest BCUT2D eigenvalue weighted by Gasteiger charge is 2.48. The number of piperazine rings is 1. The molecule has 32 heavy (non-hydrogen) atoms. The number of hydrogen-bond acceptors (Lipinski definition) is 6. The minimum Gasteiger partial charge on any atom is -0.548 e. The predicted molar refractivity (Wildman–Crippen MR) is 119 cm³/mol. The highest BCUT2D eigenvalue weighted by Crippen LogP contribution is 2.45. The second kappa shape index (κ2) is 8.94. The highest BCUT2D eigenvalue weighted by atomic mass is 16.7. The van der Waals surface area contributed by atoms with E-state index in [1.54, 1.807) is 0 Å². The molecule has 1 spiro atoms. The molecule has 2 atom stereocenters. The Hall–Kier alpha value is -2.25. The van der Waals surface area contributed by atoms with Crippen molar-refractivity contribution in [3.05, 3.63) is 70.8 Å². The molecular formula is C26H31N2O4-. The summed E-state index contributed by atoms with van der Waals surface area (Å²) < 4.78 is 13.3. The number of rotatable bonds is 5. The maximum atomic E-state index is 11.4. The van der Waals surface area contributed by atoms with Crippen LogP contribution in [0.15, 0.2) is 48.5 Å². The molecule has 2 unspecified atom stereocenters. The van der Waals surface area contributed by atoms with Crippen molar-refractivity contribution in [2.75, 3.05) is 39.3 Å². The Morgan fingerprint density at radius 1 is 1.03 bits per heavy atom. The number of fused-ring (bicyclic) bond motifs is 4. The smallest absolute Gasteiger partial charge is 0.223 e. The van der Waals surface area contributed by atoms with E-state index >= 15 is 0 Å². The molecule has 2 fully saturated rings. The van der Waals surface area contributed by atoms with Gasteiger partial charge in [-0.05, 0) is 30.4 Å². The van der Waals surface area contributed by atoms with Crippen molar-refractivity contribution in [2.45, 2.75) is 44.1 Å². The average Bonchev–Trinajstić information content (AvgIpc) is 3.18. The Morgan fingerprint density at radius 2 is 1.62 bits per heavy atom. The molecule has 0 N–H and O–H groups in total. The largest absolute Gasteiger partial charge is 0.548 e. The van der Waals surface area contributed by atoms with E-state index in [0.717, 1.165) is 56.7 Å². The van der Waals surface area contributed by atoms with Crippen LogP contribution in [0.5, 0.6) is 0 Å². The van der Waals surface area contributed by atoms with Crippen LogP contribution in [-0.2, 0) is 32.9 Å². The number of benzene rings is 2. The monoisotopic (exact) mass is 435 g/mol. The third-order valence-electron chi connectivity index (χ3n) is 7.18. The summed E-state index contributed by atoms with van der Waals surface area (Å²) in [6.45, 7) is 6.33. The molecule has 2 heterocycles. The highest BCUT2D eigenvalue weighted by molar-refractivity contribution is 5.71. The Bertz CT molecular complexity index is 922. The first-order valence-electron chi connectivity index (χ1n) is 11.8. The molecule has 0 radical (unpaired) electrons. The molecule has 6 heteroatoms. The van der Waals surface area contributed by atoms with Gasteiger partial charge in [0.2, 0.25) is 5.79 Å². The van der Waals surface area contributed by atoms with Crippen LogP contribution in [0.3, 0.4) is 0 Å². The molecule has 1 aliphatic carbocycles. The van der Waals surface area contributed by atoms with E-state index in [4.69, 9.17) is 9.47 Å². The van der Waals surface area contributed by atoms with Gasteiger partial charge in [-0.25, -0.2) is 0 Å². The summed E-state index contributed by atoms with van der Waals surface area (Å²) in [7, 11) is 0. The lowest BCUT2D eigenvalue weighted by atomic mass is 9.93. The normalized spacial score (nSPS) is 24.0. The fraction of sp³-hybridized carbons (Fsp3) is 0.500. The van der Waals surface area contributed by atoms with E-state index in [9.17, 15) is 9.90 Å². The maximum Gasteiger partial charge on any atom is 0.223 e. The van der Waals surface area contributed by atoms with E-state index in [2.05, 4.69) is 53.4 Å². The van der Waals surface area contributed by atoms with Gasteiger partial charge >= 0.3 is 0 Å². The Balaban J connectivity index is 1.32. The SMILES string of the molecule is CCC(C(=O)[O-])N1CCN(CC2COC3(O2)c2ccccc2CCc2ccccc23)CC1. The van der Waals surface area contributed by atoms with E-state index in [0.29, 0.717) is 13.0 Å². The predicted octanol–water partition coefficient (Wildman–Crippen LogP) is 1.55. The van der Waals surface area contributed by atoms with Crippen LogP contribution in [0, 0.1) is 0 Å². The lowest BCUT2D eigenvalue weighted by Gasteiger charge is -2.40. The average molecular weight is 436 g/mol. The number of ether oxygens (including phenoxy) is 2. The van der Waals surface area contributed by atoms with Gasteiger partial charge in [-0.2, -0.15) is 0 Å². The number of aliphatic carboxylic acids is 1. The quantitative estimate of drug-likeness (QED) is 0.710. The fourth-order valence-corrected chi connectivity index (χ4v) is 5.54. The first-order chi connectivity index (χ1) is 15.6. The van der Waals surface area contributed by atoms with Crippen molar-refractivity contribution >= 4 is 5.97 Å². The number of carbonyl (C=O) groups is 1. The van der Waals surface area contributed by atoms with Crippen LogP contribution in [0.25, 0.3) is 0 Å². The van der Waals surface area contributed by atoms with Crippen molar-refractivity contribution in [2.24, 2.45) is 0 Å². The zero-order valence-corrected chi connectivity index (χ0v) is 18.7. The van der Waals surface area contributed by atoms with Gasteiger partial charge in [0.25, 0.3) is 0 Å².